The average molecular weight is 475 g/mol. The number of amides is 4. The van der Waals surface area contributed by atoms with Gasteiger partial charge >= 0.3 is 12.1 Å². The summed E-state index contributed by atoms with van der Waals surface area (Å²) >= 11 is 0. The minimum atomic E-state index is -0.662. The predicted octanol–water partition coefficient (Wildman–Crippen LogP) is 3.36. The summed E-state index contributed by atoms with van der Waals surface area (Å²) in [5, 5.41) is 32.2. The van der Waals surface area contributed by atoms with Crippen molar-refractivity contribution in [2.45, 2.75) is 114 Å². The van der Waals surface area contributed by atoms with E-state index in [4.69, 9.17) is 0 Å². The highest BCUT2D eigenvalue weighted by atomic mass is 16.3. The summed E-state index contributed by atoms with van der Waals surface area (Å²) in [6, 6.07) is 6.77. The quantitative estimate of drug-likeness (QED) is 0.378. The lowest BCUT2D eigenvalue weighted by Crippen LogP contribution is -2.53. The zero-order chi connectivity index (χ0) is 24.9. The Kier molecular flexibility index (Phi) is 8.47. The van der Waals surface area contributed by atoms with Crippen molar-refractivity contribution in [1.29, 1.82) is 0 Å². The first kappa shape index (κ1) is 26.3. The van der Waals surface area contributed by atoms with Crippen molar-refractivity contribution in [1.82, 2.24) is 21.3 Å². The monoisotopic (exact) mass is 474 g/mol. The molecule has 4 amide bonds. The fourth-order valence-electron chi connectivity index (χ4n) is 4.98. The molecule has 0 radical (unpaired) electrons. The van der Waals surface area contributed by atoms with Gasteiger partial charge in [-0.2, -0.15) is 0 Å². The number of aliphatic hydroxyl groups is 2. The van der Waals surface area contributed by atoms with E-state index in [0.717, 1.165) is 49.7 Å². The molecule has 34 heavy (non-hydrogen) atoms. The molecule has 0 aliphatic heterocycles. The Morgan fingerprint density at radius 1 is 0.735 bits per heavy atom. The van der Waals surface area contributed by atoms with Crippen molar-refractivity contribution in [2.75, 3.05) is 0 Å². The first-order chi connectivity index (χ1) is 16.0. The molecule has 0 heterocycles. The molecule has 6 N–H and O–H groups in total. The Morgan fingerprint density at radius 3 is 1.50 bits per heavy atom. The van der Waals surface area contributed by atoms with Crippen LogP contribution in [0, 0.1) is 0 Å². The maximum absolute atomic E-state index is 12.7. The van der Waals surface area contributed by atoms with Gasteiger partial charge in [-0.05, 0) is 64.5 Å². The van der Waals surface area contributed by atoms with E-state index in [1.807, 2.05) is 52.0 Å². The molecule has 8 nitrogen and oxygen atoms in total. The minimum absolute atomic E-state index is 0.222. The molecule has 0 saturated heterocycles. The number of benzene rings is 1. The van der Waals surface area contributed by atoms with Crippen LogP contribution in [0.3, 0.4) is 0 Å². The molecular weight excluding hydrogens is 432 g/mol. The minimum Gasteiger partial charge on any atom is -0.391 e. The fraction of sp³-hybridized carbons (Fsp3) is 0.692. The van der Waals surface area contributed by atoms with Crippen molar-refractivity contribution in [3.8, 4) is 0 Å². The fourth-order valence-corrected chi connectivity index (χ4v) is 4.98. The first-order valence-corrected chi connectivity index (χ1v) is 12.6. The number of urea groups is 2. The van der Waals surface area contributed by atoms with Crippen LogP contribution < -0.4 is 21.3 Å². The van der Waals surface area contributed by atoms with E-state index < -0.39 is 23.3 Å². The molecule has 1 aromatic carbocycles. The highest BCUT2D eigenvalue weighted by Crippen LogP contribution is 2.27. The van der Waals surface area contributed by atoms with Crippen molar-refractivity contribution in [3.63, 3.8) is 0 Å². The molecule has 0 spiro atoms. The van der Waals surface area contributed by atoms with E-state index in [0.29, 0.717) is 12.8 Å². The average Bonchev–Trinajstić information content (AvgIpc) is 2.76. The number of carbonyl (C=O) groups is 2. The first-order valence-electron chi connectivity index (χ1n) is 12.6. The van der Waals surface area contributed by atoms with Gasteiger partial charge in [0.1, 0.15) is 0 Å². The van der Waals surface area contributed by atoms with Crippen molar-refractivity contribution in [3.05, 3.63) is 35.4 Å². The summed E-state index contributed by atoms with van der Waals surface area (Å²) in [7, 11) is 0. The number of carbonyl (C=O) groups excluding carboxylic acids is 2. The summed E-state index contributed by atoms with van der Waals surface area (Å²) in [5.41, 5.74) is 0.485. The summed E-state index contributed by atoms with van der Waals surface area (Å²) in [6.07, 6.45) is 5.97. The van der Waals surface area contributed by atoms with Crippen LogP contribution in [0.4, 0.5) is 9.59 Å². The van der Waals surface area contributed by atoms with Gasteiger partial charge < -0.3 is 31.5 Å². The Morgan fingerprint density at radius 2 is 1.12 bits per heavy atom. The number of hydrogen-bond donors (Lipinski definition) is 6. The van der Waals surface area contributed by atoms with Crippen LogP contribution >= 0.6 is 0 Å². The zero-order valence-corrected chi connectivity index (χ0v) is 21.0. The molecule has 1 aromatic rings. The summed E-state index contributed by atoms with van der Waals surface area (Å²) < 4.78 is 0. The Hall–Kier alpha value is -2.32. The van der Waals surface area contributed by atoms with Crippen molar-refractivity contribution >= 4 is 12.1 Å². The van der Waals surface area contributed by atoms with E-state index in [1.165, 1.54) is 0 Å². The van der Waals surface area contributed by atoms with E-state index in [2.05, 4.69) is 21.3 Å². The summed E-state index contributed by atoms with van der Waals surface area (Å²) in [5.74, 6) is 0. The molecule has 4 atom stereocenters. The van der Waals surface area contributed by atoms with Gasteiger partial charge in [0.2, 0.25) is 0 Å². The van der Waals surface area contributed by atoms with Crippen molar-refractivity contribution in [2.24, 2.45) is 0 Å². The van der Waals surface area contributed by atoms with Gasteiger partial charge in [-0.15, -0.1) is 0 Å². The third-order valence-corrected chi connectivity index (χ3v) is 7.25. The van der Waals surface area contributed by atoms with E-state index in [1.54, 1.807) is 0 Å². The highest BCUT2D eigenvalue weighted by Gasteiger charge is 2.31. The molecule has 2 fully saturated rings. The third-order valence-electron chi connectivity index (χ3n) is 7.25. The van der Waals surface area contributed by atoms with Gasteiger partial charge in [-0.3, -0.25) is 0 Å². The lowest BCUT2D eigenvalue weighted by atomic mass is 9.87. The lowest BCUT2D eigenvalue weighted by molar-refractivity contribution is 0.0935. The Balaban J connectivity index is 1.63. The molecule has 190 valence electrons. The van der Waals surface area contributed by atoms with E-state index >= 15 is 0 Å². The predicted molar refractivity (Wildman–Crippen MR) is 132 cm³/mol. The number of aliphatic hydroxyl groups excluding tert-OH is 2. The maximum Gasteiger partial charge on any atom is 0.315 e. The lowest BCUT2D eigenvalue weighted by Gasteiger charge is -2.34. The number of nitrogens with one attached hydrogen (secondary N) is 4. The summed E-state index contributed by atoms with van der Waals surface area (Å²) in [6.45, 7) is 7.72. The molecule has 8 heteroatoms. The van der Waals surface area contributed by atoms with E-state index in [9.17, 15) is 19.8 Å². The van der Waals surface area contributed by atoms with Gasteiger partial charge in [-0.1, -0.05) is 49.9 Å². The van der Waals surface area contributed by atoms with Crippen LogP contribution in [0.5, 0.6) is 0 Å². The standard InChI is InChI=1S/C26H42N4O4/c1-25(2,29-23(33)27-19-12-5-7-14-21(19)31)17-10-9-11-18(16-17)26(3,4)30-24(34)28-20-13-6-8-15-22(20)32/h9-11,16,19-22,31-32H,5-8,12-15H2,1-4H3,(H2,27,29,33)(H2,28,30,34). The Labute approximate surface area is 203 Å². The molecule has 4 unspecified atom stereocenters. The maximum atomic E-state index is 12.7. The van der Waals surface area contributed by atoms with Crippen LogP contribution in [-0.2, 0) is 11.1 Å². The van der Waals surface area contributed by atoms with Crippen LogP contribution in [-0.4, -0.2) is 46.6 Å². The normalized spacial score (nSPS) is 25.8. The highest BCUT2D eigenvalue weighted by molar-refractivity contribution is 5.76. The third kappa shape index (κ3) is 6.85. The molecule has 2 aliphatic carbocycles. The second kappa shape index (κ2) is 11.0. The molecular formula is C26H42N4O4. The van der Waals surface area contributed by atoms with Crippen LogP contribution in [0.1, 0.15) is 90.2 Å². The largest absolute Gasteiger partial charge is 0.391 e. The molecule has 2 saturated carbocycles. The Bertz CT molecular complexity index is 792. The number of rotatable bonds is 6. The van der Waals surface area contributed by atoms with E-state index in [-0.39, 0.29) is 24.1 Å². The second-order valence-electron chi connectivity index (χ2n) is 10.9. The second-order valence-corrected chi connectivity index (χ2v) is 10.9. The van der Waals surface area contributed by atoms with Crippen molar-refractivity contribution < 1.29 is 19.8 Å². The smallest absolute Gasteiger partial charge is 0.315 e. The van der Waals surface area contributed by atoms with Gasteiger partial charge in [0, 0.05) is 0 Å². The van der Waals surface area contributed by atoms with Gasteiger partial charge in [0.05, 0.1) is 35.4 Å². The topological polar surface area (TPSA) is 123 Å². The number of hydrogen-bond acceptors (Lipinski definition) is 4. The summed E-state index contributed by atoms with van der Waals surface area (Å²) in [4.78, 5) is 25.3. The molecule has 0 bridgehead atoms. The zero-order valence-electron chi connectivity index (χ0n) is 21.0. The SMILES string of the molecule is CC(C)(NC(=O)NC1CCCCC1O)c1cccc(C(C)(C)NC(=O)NC2CCCCC2O)c1. The van der Waals surface area contributed by atoms with Gasteiger partial charge in [0.15, 0.2) is 0 Å². The van der Waals surface area contributed by atoms with Crippen LogP contribution in [0.2, 0.25) is 0 Å². The molecule has 2 aliphatic rings. The molecule has 0 aromatic heterocycles. The molecule has 3 rings (SSSR count). The van der Waals surface area contributed by atoms with Crippen LogP contribution in [0.25, 0.3) is 0 Å². The van der Waals surface area contributed by atoms with Gasteiger partial charge in [0.25, 0.3) is 0 Å². The van der Waals surface area contributed by atoms with Crippen LogP contribution in [0.15, 0.2) is 24.3 Å². The van der Waals surface area contributed by atoms with Gasteiger partial charge in [-0.25, -0.2) is 9.59 Å².